The molecule has 1 fully saturated rings. The normalized spacial score (nSPS) is 14.2. The number of nitrogens with zero attached hydrogens (tertiary/aromatic N) is 1. The number of rotatable bonds is 9. The SMILES string of the molecule is CCOc1cc(/C=C2\SC(=S)N(NC(=O)c3ccc(Br)cc3)C2=O)cc(Br)c1OCCc1ccccc1. The zero-order chi connectivity index (χ0) is 26.4. The highest BCUT2D eigenvalue weighted by Gasteiger charge is 2.34. The molecule has 3 aromatic carbocycles. The molecule has 6 nitrogen and oxygen atoms in total. The van der Waals surface area contributed by atoms with Crippen LogP contribution < -0.4 is 14.9 Å². The summed E-state index contributed by atoms with van der Waals surface area (Å²) in [6.07, 6.45) is 2.47. The molecule has 37 heavy (non-hydrogen) atoms. The number of hydrogen-bond donors (Lipinski definition) is 1. The van der Waals surface area contributed by atoms with Crippen LogP contribution >= 0.6 is 55.8 Å². The predicted molar refractivity (Wildman–Crippen MR) is 158 cm³/mol. The van der Waals surface area contributed by atoms with E-state index in [0.29, 0.717) is 39.7 Å². The highest BCUT2D eigenvalue weighted by molar-refractivity contribution is 9.10. The summed E-state index contributed by atoms with van der Waals surface area (Å²) in [5.74, 6) is 0.334. The van der Waals surface area contributed by atoms with Gasteiger partial charge in [0.1, 0.15) is 0 Å². The Labute approximate surface area is 241 Å². The summed E-state index contributed by atoms with van der Waals surface area (Å²) in [7, 11) is 0. The maximum absolute atomic E-state index is 13.0. The summed E-state index contributed by atoms with van der Waals surface area (Å²) in [5, 5.41) is 1.09. The average Bonchev–Trinajstić information content (AvgIpc) is 3.14. The van der Waals surface area contributed by atoms with Crippen molar-refractivity contribution in [3.63, 3.8) is 0 Å². The van der Waals surface area contributed by atoms with Gasteiger partial charge in [0, 0.05) is 16.5 Å². The van der Waals surface area contributed by atoms with E-state index in [9.17, 15) is 9.59 Å². The van der Waals surface area contributed by atoms with E-state index in [4.69, 9.17) is 21.7 Å². The molecular weight excluding hydrogens is 640 g/mol. The van der Waals surface area contributed by atoms with Crippen LogP contribution in [0.15, 0.2) is 80.6 Å². The van der Waals surface area contributed by atoms with Gasteiger partial charge in [0.05, 0.1) is 22.6 Å². The molecule has 0 unspecified atom stereocenters. The van der Waals surface area contributed by atoms with Gasteiger partial charge in [0.2, 0.25) is 0 Å². The van der Waals surface area contributed by atoms with Gasteiger partial charge < -0.3 is 9.47 Å². The van der Waals surface area contributed by atoms with E-state index < -0.39 is 11.8 Å². The van der Waals surface area contributed by atoms with Gasteiger partial charge in [-0.15, -0.1) is 0 Å². The van der Waals surface area contributed by atoms with Crippen LogP contribution in [-0.4, -0.2) is 34.4 Å². The molecule has 1 aliphatic heterocycles. The molecule has 0 atom stereocenters. The fourth-order valence-electron chi connectivity index (χ4n) is 3.47. The second-order valence-corrected chi connectivity index (χ2v) is 11.3. The maximum Gasteiger partial charge on any atom is 0.285 e. The fraction of sp³-hybridized carbons (Fsp3) is 0.148. The molecule has 3 aromatic rings. The highest BCUT2D eigenvalue weighted by atomic mass is 79.9. The largest absolute Gasteiger partial charge is 0.490 e. The van der Waals surface area contributed by atoms with E-state index in [1.54, 1.807) is 30.3 Å². The summed E-state index contributed by atoms with van der Waals surface area (Å²) in [5.41, 5.74) is 4.91. The number of thiocarbonyl (C=S) groups is 1. The van der Waals surface area contributed by atoms with Crippen LogP contribution in [0.25, 0.3) is 6.08 Å². The van der Waals surface area contributed by atoms with E-state index in [-0.39, 0.29) is 4.32 Å². The predicted octanol–water partition coefficient (Wildman–Crippen LogP) is 6.78. The Morgan fingerprint density at radius 1 is 1.08 bits per heavy atom. The third kappa shape index (κ3) is 7.01. The molecule has 10 heteroatoms. The van der Waals surface area contributed by atoms with Crippen molar-refractivity contribution in [3.8, 4) is 11.5 Å². The van der Waals surface area contributed by atoms with Gasteiger partial charge in [-0.3, -0.25) is 15.0 Å². The number of ether oxygens (including phenoxy) is 2. The van der Waals surface area contributed by atoms with Crippen LogP contribution in [-0.2, 0) is 11.2 Å². The van der Waals surface area contributed by atoms with E-state index >= 15 is 0 Å². The topological polar surface area (TPSA) is 67.9 Å². The van der Waals surface area contributed by atoms with Crippen LogP contribution in [0, 0.1) is 0 Å². The molecule has 0 aromatic heterocycles. The van der Waals surface area contributed by atoms with Crippen molar-refractivity contribution < 1.29 is 19.1 Å². The van der Waals surface area contributed by atoms with Gasteiger partial charge in [-0.2, -0.15) is 5.01 Å². The van der Waals surface area contributed by atoms with E-state index in [2.05, 4.69) is 49.4 Å². The monoisotopic (exact) mass is 660 g/mol. The van der Waals surface area contributed by atoms with Gasteiger partial charge in [-0.25, -0.2) is 0 Å². The smallest absolute Gasteiger partial charge is 0.285 e. The molecule has 2 amide bonds. The van der Waals surface area contributed by atoms with Crippen molar-refractivity contribution in [2.75, 3.05) is 13.2 Å². The number of halogens is 2. The van der Waals surface area contributed by atoms with Gasteiger partial charge in [0.15, 0.2) is 15.8 Å². The van der Waals surface area contributed by atoms with E-state index in [1.807, 2.05) is 37.3 Å². The molecule has 4 rings (SSSR count). The van der Waals surface area contributed by atoms with Crippen molar-refractivity contribution in [2.24, 2.45) is 0 Å². The van der Waals surface area contributed by atoms with Crippen molar-refractivity contribution in [1.29, 1.82) is 0 Å². The van der Waals surface area contributed by atoms with Crippen molar-refractivity contribution in [1.82, 2.24) is 10.4 Å². The van der Waals surface area contributed by atoms with Crippen molar-refractivity contribution >= 4 is 78.1 Å². The molecule has 0 saturated carbocycles. The number of carbonyl (C=O) groups is 2. The Morgan fingerprint density at radius 2 is 1.81 bits per heavy atom. The van der Waals surface area contributed by atoms with Gasteiger partial charge in [-0.05, 0) is 88.7 Å². The second-order valence-electron chi connectivity index (χ2n) is 7.81. The Hall–Kier alpha value is -2.66. The number of thioether (sulfide) groups is 1. The minimum Gasteiger partial charge on any atom is -0.490 e. The summed E-state index contributed by atoms with van der Waals surface area (Å²) in [6.45, 7) is 2.83. The number of carbonyl (C=O) groups excluding carboxylic acids is 2. The maximum atomic E-state index is 13.0. The molecule has 1 aliphatic rings. The third-order valence-corrected chi connectivity index (χ3v) is 7.64. The first kappa shape index (κ1) is 27.4. The zero-order valence-corrected chi connectivity index (χ0v) is 24.5. The molecule has 1 heterocycles. The van der Waals surface area contributed by atoms with Gasteiger partial charge >= 0.3 is 0 Å². The van der Waals surface area contributed by atoms with Crippen molar-refractivity contribution in [3.05, 3.63) is 97.3 Å². The summed E-state index contributed by atoms with van der Waals surface area (Å²) >= 11 is 13.4. The second kappa shape index (κ2) is 12.7. The fourth-order valence-corrected chi connectivity index (χ4v) is 5.49. The van der Waals surface area contributed by atoms with Crippen LogP contribution in [0.3, 0.4) is 0 Å². The lowest BCUT2D eigenvalue weighted by Gasteiger charge is -2.16. The summed E-state index contributed by atoms with van der Waals surface area (Å²) < 4.78 is 13.7. The Bertz CT molecular complexity index is 1350. The number of amides is 2. The number of hydrazine groups is 1. The minimum absolute atomic E-state index is 0.242. The quantitative estimate of drug-likeness (QED) is 0.202. The Balaban J connectivity index is 1.49. The lowest BCUT2D eigenvalue weighted by Crippen LogP contribution is -2.44. The Kier molecular flexibility index (Phi) is 9.42. The van der Waals surface area contributed by atoms with Crippen LogP contribution in [0.4, 0.5) is 0 Å². The summed E-state index contributed by atoms with van der Waals surface area (Å²) in [6, 6.07) is 20.6. The third-order valence-electron chi connectivity index (χ3n) is 5.22. The van der Waals surface area contributed by atoms with Gasteiger partial charge in [-0.1, -0.05) is 58.0 Å². The Morgan fingerprint density at radius 3 is 2.51 bits per heavy atom. The molecule has 1 saturated heterocycles. The molecule has 0 bridgehead atoms. The highest BCUT2D eigenvalue weighted by Crippen LogP contribution is 2.39. The van der Waals surface area contributed by atoms with E-state index in [0.717, 1.165) is 33.2 Å². The van der Waals surface area contributed by atoms with Crippen LogP contribution in [0.2, 0.25) is 0 Å². The van der Waals surface area contributed by atoms with E-state index in [1.165, 1.54) is 5.56 Å². The minimum atomic E-state index is -0.427. The number of benzene rings is 3. The standard InChI is InChI=1S/C27H22Br2N2O4S2/c1-2-34-22-15-18(14-21(29)24(22)35-13-12-17-6-4-3-5-7-17)16-23-26(33)31(27(36)37-23)30-25(32)19-8-10-20(28)11-9-19/h3-11,14-16H,2,12-13H2,1H3,(H,30,32)/b23-16-. The molecule has 1 N–H and O–H groups in total. The molecule has 0 aliphatic carbocycles. The average molecular weight is 662 g/mol. The lowest BCUT2D eigenvalue weighted by molar-refractivity contribution is -0.123. The van der Waals surface area contributed by atoms with Gasteiger partial charge in [0.25, 0.3) is 11.8 Å². The lowest BCUT2D eigenvalue weighted by atomic mass is 10.1. The summed E-state index contributed by atoms with van der Waals surface area (Å²) in [4.78, 5) is 26.0. The first-order valence-corrected chi connectivity index (χ1v) is 14.1. The molecule has 190 valence electrons. The molecular formula is C27H22Br2N2O4S2. The molecule has 0 spiro atoms. The zero-order valence-electron chi connectivity index (χ0n) is 19.7. The van der Waals surface area contributed by atoms with Crippen LogP contribution in [0.5, 0.6) is 11.5 Å². The number of hydrogen-bond acceptors (Lipinski definition) is 6. The number of nitrogens with one attached hydrogen (secondary N) is 1. The molecule has 0 radical (unpaired) electrons. The van der Waals surface area contributed by atoms with Crippen molar-refractivity contribution in [2.45, 2.75) is 13.3 Å². The first-order valence-electron chi connectivity index (χ1n) is 11.3. The first-order chi connectivity index (χ1) is 17.9. The van der Waals surface area contributed by atoms with Crippen LogP contribution in [0.1, 0.15) is 28.4 Å².